The first-order valence-electron chi connectivity index (χ1n) is 7.58. The van der Waals surface area contributed by atoms with Crippen molar-refractivity contribution < 1.29 is 9.53 Å². The van der Waals surface area contributed by atoms with Gasteiger partial charge in [-0.15, -0.1) is 0 Å². The summed E-state index contributed by atoms with van der Waals surface area (Å²) < 4.78 is 5.66. The largest absolute Gasteiger partial charge is 0.491 e. The minimum absolute atomic E-state index is 0.0749. The number of carbonyl (C=O) groups excluding carboxylic acids is 1. The zero-order chi connectivity index (χ0) is 15.2. The van der Waals surface area contributed by atoms with Gasteiger partial charge < -0.3 is 20.7 Å². The Morgan fingerprint density at radius 1 is 1.43 bits per heavy atom. The van der Waals surface area contributed by atoms with Crippen LogP contribution >= 0.6 is 0 Å². The molecule has 116 valence electrons. The van der Waals surface area contributed by atoms with Crippen LogP contribution in [0.25, 0.3) is 0 Å². The monoisotopic (exact) mass is 291 g/mol. The van der Waals surface area contributed by atoms with E-state index in [1.165, 1.54) is 0 Å². The van der Waals surface area contributed by atoms with Crippen molar-refractivity contribution in [3.8, 4) is 5.75 Å². The number of amides is 1. The molecule has 1 aromatic rings. The summed E-state index contributed by atoms with van der Waals surface area (Å²) in [5.74, 6) is 0.990. The van der Waals surface area contributed by atoms with Crippen molar-refractivity contribution in [2.24, 2.45) is 5.73 Å². The van der Waals surface area contributed by atoms with E-state index in [9.17, 15) is 4.79 Å². The molecule has 1 fully saturated rings. The molecule has 1 aliphatic heterocycles. The third kappa shape index (κ3) is 4.19. The van der Waals surface area contributed by atoms with E-state index in [2.05, 4.69) is 5.32 Å². The predicted molar refractivity (Wildman–Crippen MR) is 83.2 cm³/mol. The Balaban J connectivity index is 2.11. The van der Waals surface area contributed by atoms with Crippen LogP contribution in [0.1, 0.15) is 31.9 Å². The highest BCUT2D eigenvalue weighted by atomic mass is 16.5. The second-order valence-electron chi connectivity index (χ2n) is 5.58. The number of benzene rings is 1. The van der Waals surface area contributed by atoms with Gasteiger partial charge >= 0.3 is 0 Å². The fraction of sp³-hybridized carbons (Fsp3) is 0.562. The third-order valence-corrected chi connectivity index (χ3v) is 3.56. The minimum atomic E-state index is 0.0749. The molecule has 1 aliphatic rings. The van der Waals surface area contributed by atoms with E-state index in [0.29, 0.717) is 13.0 Å². The summed E-state index contributed by atoms with van der Waals surface area (Å²) >= 11 is 0. The fourth-order valence-electron chi connectivity index (χ4n) is 2.61. The molecule has 0 aliphatic carbocycles. The van der Waals surface area contributed by atoms with Crippen LogP contribution in [-0.4, -0.2) is 43.1 Å². The number of hydrogen-bond donors (Lipinski definition) is 2. The number of hydrogen-bond acceptors (Lipinski definition) is 4. The summed E-state index contributed by atoms with van der Waals surface area (Å²) in [5, 5.41) is 3.35. The fourth-order valence-corrected chi connectivity index (χ4v) is 2.61. The minimum Gasteiger partial charge on any atom is -0.491 e. The zero-order valence-electron chi connectivity index (χ0n) is 12.8. The molecule has 1 aromatic carbocycles. The van der Waals surface area contributed by atoms with E-state index >= 15 is 0 Å². The lowest BCUT2D eigenvalue weighted by atomic mass is 10.0. The Morgan fingerprint density at radius 2 is 2.14 bits per heavy atom. The van der Waals surface area contributed by atoms with Gasteiger partial charge in [-0.3, -0.25) is 4.79 Å². The van der Waals surface area contributed by atoms with Crippen LogP contribution in [0.2, 0.25) is 0 Å². The summed E-state index contributed by atoms with van der Waals surface area (Å²) in [6.07, 6.45) is 0.570. The molecule has 1 unspecified atom stereocenters. The van der Waals surface area contributed by atoms with E-state index in [-0.39, 0.29) is 18.1 Å². The van der Waals surface area contributed by atoms with Crippen LogP contribution in [0, 0.1) is 0 Å². The third-order valence-electron chi connectivity index (χ3n) is 3.56. The van der Waals surface area contributed by atoms with Gasteiger partial charge in [-0.1, -0.05) is 12.1 Å². The smallest absolute Gasteiger partial charge is 0.224 e. The summed E-state index contributed by atoms with van der Waals surface area (Å²) in [7, 11) is 0. The molecule has 0 aromatic heterocycles. The van der Waals surface area contributed by atoms with Crippen molar-refractivity contribution in [3.05, 3.63) is 29.8 Å². The van der Waals surface area contributed by atoms with Crippen LogP contribution < -0.4 is 15.8 Å². The molecule has 1 atom stereocenters. The highest BCUT2D eigenvalue weighted by Gasteiger charge is 2.27. The van der Waals surface area contributed by atoms with Crippen LogP contribution in [-0.2, 0) is 4.79 Å². The first-order chi connectivity index (χ1) is 10.1. The molecule has 2 rings (SSSR count). The molecule has 0 spiro atoms. The highest BCUT2D eigenvalue weighted by molar-refractivity contribution is 5.77. The van der Waals surface area contributed by atoms with Crippen LogP contribution in [0.3, 0.4) is 0 Å². The molecule has 1 amide bonds. The number of nitrogens with zero attached hydrogens (tertiary/aromatic N) is 1. The van der Waals surface area contributed by atoms with Crippen LogP contribution in [0.4, 0.5) is 0 Å². The van der Waals surface area contributed by atoms with Gasteiger partial charge in [0.25, 0.3) is 0 Å². The molecular weight excluding hydrogens is 266 g/mol. The quantitative estimate of drug-likeness (QED) is 0.858. The summed E-state index contributed by atoms with van der Waals surface area (Å²) in [6.45, 7) is 6.75. The summed E-state index contributed by atoms with van der Waals surface area (Å²) in [4.78, 5) is 14.1. The van der Waals surface area contributed by atoms with Crippen molar-refractivity contribution >= 4 is 5.91 Å². The highest BCUT2D eigenvalue weighted by Crippen LogP contribution is 2.25. The van der Waals surface area contributed by atoms with E-state index < -0.39 is 0 Å². The maximum atomic E-state index is 12.2. The van der Waals surface area contributed by atoms with Gasteiger partial charge in [-0.25, -0.2) is 0 Å². The van der Waals surface area contributed by atoms with E-state index in [1.54, 1.807) is 0 Å². The van der Waals surface area contributed by atoms with Crippen LogP contribution in [0.5, 0.6) is 5.75 Å². The van der Waals surface area contributed by atoms with Crippen molar-refractivity contribution in [2.45, 2.75) is 32.4 Å². The lowest BCUT2D eigenvalue weighted by Gasteiger charge is -2.36. The normalized spacial score (nSPS) is 18.9. The molecule has 21 heavy (non-hydrogen) atoms. The predicted octanol–water partition coefficient (Wildman–Crippen LogP) is 1.30. The average molecular weight is 291 g/mol. The lowest BCUT2D eigenvalue weighted by molar-refractivity contribution is -0.134. The summed E-state index contributed by atoms with van der Waals surface area (Å²) in [5.41, 5.74) is 6.64. The number of ether oxygens (including phenoxy) is 1. The topological polar surface area (TPSA) is 67.6 Å². The zero-order valence-corrected chi connectivity index (χ0v) is 12.8. The van der Waals surface area contributed by atoms with Gasteiger partial charge in [0.15, 0.2) is 0 Å². The molecular formula is C16H25N3O2. The Bertz CT molecular complexity index is 459. The summed E-state index contributed by atoms with van der Waals surface area (Å²) in [6, 6.07) is 8.09. The van der Waals surface area contributed by atoms with Gasteiger partial charge in [-0.05, 0) is 31.5 Å². The molecule has 0 radical (unpaired) electrons. The van der Waals surface area contributed by atoms with Gasteiger partial charge in [0.05, 0.1) is 12.1 Å². The maximum absolute atomic E-state index is 12.2. The SMILES string of the molecule is CC(C)Oc1ccc(C2CNCCN2C(=O)CCN)cc1. The van der Waals surface area contributed by atoms with E-state index in [1.807, 2.05) is 43.0 Å². The molecule has 0 saturated carbocycles. The van der Waals surface area contributed by atoms with Gasteiger partial charge in [0.1, 0.15) is 5.75 Å². The van der Waals surface area contributed by atoms with Crippen molar-refractivity contribution in [1.82, 2.24) is 10.2 Å². The first-order valence-corrected chi connectivity index (χ1v) is 7.58. The van der Waals surface area contributed by atoms with E-state index in [4.69, 9.17) is 10.5 Å². The van der Waals surface area contributed by atoms with Crippen molar-refractivity contribution in [1.29, 1.82) is 0 Å². The molecule has 5 heteroatoms. The second-order valence-corrected chi connectivity index (χ2v) is 5.58. The number of nitrogens with two attached hydrogens (primary N) is 1. The average Bonchev–Trinajstić information content (AvgIpc) is 2.48. The number of nitrogens with one attached hydrogen (secondary N) is 1. The van der Waals surface area contributed by atoms with Crippen LogP contribution in [0.15, 0.2) is 24.3 Å². The molecule has 5 nitrogen and oxygen atoms in total. The molecule has 0 bridgehead atoms. The standard InChI is InChI=1S/C16H25N3O2/c1-12(2)21-14-5-3-13(4-6-14)15-11-18-9-10-19(15)16(20)7-8-17/h3-6,12,15,18H,7-11,17H2,1-2H3. The molecule has 1 heterocycles. The Labute approximate surface area is 126 Å². The lowest BCUT2D eigenvalue weighted by Crippen LogP contribution is -2.49. The van der Waals surface area contributed by atoms with Crippen molar-refractivity contribution in [2.75, 3.05) is 26.2 Å². The molecule has 1 saturated heterocycles. The van der Waals surface area contributed by atoms with Crippen molar-refractivity contribution in [3.63, 3.8) is 0 Å². The first kappa shape index (κ1) is 15.8. The number of piperazine rings is 1. The Hall–Kier alpha value is -1.59. The van der Waals surface area contributed by atoms with Gasteiger partial charge in [0.2, 0.25) is 5.91 Å². The maximum Gasteiger partial charge on any atom is 0.224 e. The van der Waals surface area contributed by atoms with Gasteiger partial charge in [0, 0.05) is 32.6 Å². The number of carbonyl (C=O) groups is 1. The number of rotatable bonds is 5. The Morgan fingerprint density at radius 3 is 2.76 bits per heavy atom. The molecule has 3 N–H and O–H groups in total. The van der Waals surface area contributed by atoms with Gasteiger partial charge in [-0.2, -0.15) is 0 Å². The second kappa shape index (κ2) is 7.43. The van der Waals surface area contributed by atoms with E-state index in [0.717, 1.165) is 30.9 Å². The Kier molecular flexibility index (Phi) is 5.59.